The topological polar surface area (TPSA) is 37.3 Å². The van der Waals surface area contributed by atoms with Gasteiger partial charge in [-0.2, -0.15) is 0 Å². The van der Waals surface area contributed by atoms with E-state index in [0.29, 0.717) is 0 Å². The Kier molecular flexibility index (Phi) is 4.43. The van der Waals surface area contributed by atoms with Crippen molar-refractivity contribution in [2.45, 2.75) is 40.0 Å². The van der Waals surface area contributed by atoms with E-state index in [1.807, 2.05) is 13.8 Å². The van der Waals surface area contributed by atoms with Gasteiger partial charge in [-0.25, -0.2) is 0 Å². The maximum Gasteiger partial charge on any atom is 0.303 e. The predicted molar refractivity (Wildman–Crippen MR) is 48.7 cm³/mol. The van der Waals surface area contributed by atoms with Crippen LogP contribution in [0.5, 0.6) is 0 Å². The molecule has 0 amide bonds. The number of hydrogen-bond donors (Lipinski definition) is 1. The molecule has 1 N–H and O–H groups in total. The summed E-state index contributed by atoms with van der Waals surface area (Å²) >= 11 is 0. The molecule has 0 unspecified atom stereocenters. The zero-order chi connectivity index (χ0) is 9.61. The van der Waals surface area contributed by atoms with E-state index in [0.717, 1.165) is 12.8 Å². The number of hydrogen-bond acceptors (Lipinski definition) is 1. The van der Waals surface area contributed by atoms with Gasteiger partial charge in [-0.15, -0.1) is 11.8 Å². The maximum absolute atomic E-state index is 10.4. The Bertz CT molecular complexity index is 206. The molecule has 2 nitrogen and oxygen atoms in total. The molecule has 0 heterocycles. The summed E-state index contributed by atoms with van der Waals surface area (Å²) < 4.78 is 0. The van der Waals surface area contributed by atoms with Crippen LogP contribution >= 0.6 is 0 Å². The van der Waals surface area contributed by atoms with Gasteiger partial charge in [0.1, 0.15) is 0 Å². The van der Waals surface area contributed by atoms with E-state index in [1.54, 1.807) is 6.92 Å². The van der Waals surface area contributed by atoms with Crippen LogP contribution in [0.2, 0.25) is 0 Å². The fraction of sp³-hybridized carbons (Fsp3) is 0.700. The first-order chi connectivity index (χ1) is 5.48. The first-order valence-corrected chi connectivity index (χ1v) is 4.09. The second-order valence-corrected chi connectivity index (χ2v) is 3.66. The third-order valence-corrected chi connectivity index (χ3v) is 1.73. The average molecular weight is 168 g/mol. The fourth-order valence-corrected chi connectivity index (χ4v) is 1.02. The minimum Gasteiger partial charge on any atom is -0.481 e. The highest BCUT2D eigenvalue weighted by molar-refractivity contribution is 5.67. The molecule has 0 atom stereocenters. The van der Waals surface area contributed by atoms with Crippen molar-refractivity contribution in [3.8, 4) is 11.8 Å². The smallest absolute Gasteiger partial charge is 0.303 e. The van der Waals surface area contributed by atoms with Gasteiger partial charge in [0, 0.05) is 6.42 Å². The van der Waals surface area contributed by atoms with Crippen LogP contribution < -0.4 is 0 Å². The number of carboxylic acids is 1. The molecule has 0 rings (SSSR count). The lowest BCUT2D eigenvalue weighted by atomic mass is 9.84. The zero-order valence-electron chi connectivity index (χ0n) is 7.98. The second-order valence-electron chi connectivity index (χ2n) is 3.66. The zero-order valence-corrected chi connectivity index (χ0v) is 7.98. The molecule has 0 saturated carbocycles. The van der Waals surface area contributed by atoms with Crippen LogP contribution in [0.1, 0.15) is 40.0 Å². The van der Waals surface area contributed by atoms with E-state index < -0.39 is 5.97 Å². The Morgan fingerprint density at radius 1 is 1.50 bits per heavy atom. The van der Waals surface area contributed by atoms with Crippen LogP contribution in [-0.2, 0) is 4.79 Å². The monoisotopic (exact) mass is 168 g/mol. The molecule has 2 heteroatoms. The van der Waals surface area contributed by atoms with Gasteiger partial charge in [0.25, 0.3) is 0 Å². The summed E-state index contributed by atoms with van der Waals surface area (Å²) in [5.74, 6) is 5.00. The number of rotatable bonds is 4. The summed E-state index contributed by atoms with van der Waals surface area (Å²) in [5.41, 5.74) is -0.129. The van der Waals surface area contributed by atoms with E-state index in [2.05, 4.69) is 11.8 Å². The molecule has 0 aromatic rings. The molecular weight excluding hydrogens is 152 g/mol. The van der Waals surface area contributed by atoms with Crippen LogP contribution in [0.3, 0.4) is 0 Å². The molecule has 0 radical (unpaired) electrons. The summed E-state index contributed by atoms with van der Waals surface area (Å²) in [6.45, 7) is 5.71. The molecule has 0 bridgehead atoms. The summed E-state index contributed by atoms with van der Waals surface area (Å²) in [7, 11) is 0. The van der Waals surface area contributed by atoms with Gasteiger partial charge >= 0.3 is 5.97 Å². The third-order valence-electron chi connectivity index (χ3n) is 1.73. The van der Waals surface area contributed by atoms with E-state index in [4.69, 9.17) is 5.11 Å². The minimum absolute atomic E-state index is 0.129. The van der Waals surface area contributed by atoms with Crippen molar-refractivity contribution >= 4 is 5.97 Å². The quantitative estimate of drug-likeness (QED) is 0.654. The van der Waals surface area contributed by atoms with Crippen LogP contribution in [0, 0.1) is 17.3 Å². The highest BCUT2D eigenvalue weighted by Gasteiger charge is 2.20. The molecule has 0 spiro atoms. The highest BCUT2D eigenvalue weighted by atomic mass is 16.4. The van der Waals surface area contributed by atoms with Crippen molar-refractivity contribution in [1.82, 2.24) is 0 Å². The Balaban J connectivity index is 3.83. The van der Waals surface area contributed by atoms with Crippen molar-refractivity contribution in [1.29, 1.82) is 0 Å². The minimum atomic E-state index is -0.732. The van der Waals surface area contributed by atoms with E-state index in [9.17, 15) is 4.79 Å². The standard InChI is InChI=1S/C10H16O2/c1-4-5-6-7-10(2,3)8-9(11)12/h6-8H2,1-3H3,(H,11,12). The van der Waals surface area contributed by atoms with Crippen LogP contribution in [0.4, 0.5) is 0 Å². The first kappa shape index (κ1) is 11.0. The molecule has 0 aromatic heterocycles. The van der Waals surface area contributed by atoms with E-state index >= 15 is 0 Å². The number of aliphatic carboxylic acids is 1. The molecule has 0 aromatic carbocycles. The van der Waals surface area contributed by atoms with Crippen molar-refractivity contribution in [2.75, 3.05) is 0 Å². The first-order valence-electron chi connectivity index (χ1n) is 4.09. The summed E-state index contributed by atoms with van der Waals surface area (Å²) in [5, 5.41) is 8.57. The van der Waals surface area contributed by atoms with Crippen molar-refractivity contribution in [3.63, 3.8) is 0 Å². The molecule has 12 heavy (non-hydrogen) atoms. The fourth-order valence-electron chi connectivity index (χ4n) is 1.02. The molecule has 0 aliphatic carbocycles. The summed E-state index contributed by atoms with van der Waals surface area (Å²) in [6, 6.07) is 0. The maximum atomic E-state index is 10.4. The van der Waals surface area contributed by atoms with Gasteiger partial charge in [-0.05, 0) is 18.8 Å². The summed E-state index contributed by atoms with van der Waals surface area (Å²) in [4.78, 5) is 10.4. The van der Waals surface area contributed by atoms with Gasteiger partial charge in [0.05, 0.1) is 6.42 Å². The lowest BCUT2D eigenvalue weighted by molar-refractivity contribution is -0.139. The van der Waals surface area contributed by atoms with Crippen molar-refractivity contribution < 1.29 is 9.90 Å². The summed E-state index contributed by atoms with van der Waals surface area (Å²) in [6.07, 6.45) is 1.86. The molecule has 68 valence electrons. The molecule has 0 fully saturated rings. The van der Waals surface area contributed by atoms with Crippen LogP contribution in [-0.4, -0.2) is 11.1 Å². The van der Waals surface area contributed by atoms with Crippen molar-refractivity contribution in [2.24, 2.45) is 5.41 Å². The van der Waals surface area contributed by atoms with Gasteiger partial charge < -0.3 is 5.11 Å². The van der Waals surface area contributed by atoms with Gasteiger partial charge in [0.15, 0.2) is 0 Å². The van der Waals surface area contributed by atoms with Crippen LogP contribution in [0.15, 0.2) is 0 Å². The number of carbonyl (C=O) groups is 1. The largest absolute Gasteiger partial charge is 0.481 e. The Labute approximate surface area is 74.0 Å². The second kappa shape index (κ2) is 4.82. The van der Waals surface area contributed by atoms with Gasteiger partial charge in [-0.3, -0.25) is 4.79 Å². The Hall–Kier alpha value is -0.970. The molecule has 0 aliphatic rings. The molecule has 0 saturated heterocycles. The SMILES string of the molecule is CC#CCCC(C)(C)CC(=O)O. The Morgan fingerprint density at radius 2 is 2.08 bits per heavy atom. The van der Waals surface area contributed by atoms with Crippen molar-refractivity contribution in [3.05, 3.63) is 0 Å². The van der Waals surface area contributed by atoms with Crippen LogP contribution in [0.25, 0.3) is 0 Å². The van der Waals surface area contributed by atoms with E-state index in [1.165, 1.54) is 0 Å². The lowest BCUT2D eigenvalue weighted by Gasteiger charge is -2.20. The Morgan fingerprint density at radius 3 is 2.50 bits per heavy atom. The highest BCUT2D eigenvalue weighted by Crippen LogP contribution is 2.26. The van der Waals surface area contributed by atoms with Gasteiger partial charge in [-0.1, -0.05) is 13.8 Å². The van der Waals surface area contributed by atoms with E-state index in [-0.39, 0.29) is 11.8 Å². The molecular formula is C10H16O2. The van der Waals surface area contributed by atoms with Gasteiger partial charge in [0.2, 0.25) is 0 Å². The lowest BCUT2D eigenvalue weighted by Crippen LogP contribution is -2.16. The number of carboxylic acid groups (broad SMARTS) is 1. The normalized spacial score (nSPS) is 10.2. The third kappa shape index (κ3) is 5.79. The average Bonchev–Trinajstić information content (AvgIpc) is 1.84. The predicted octanol–water partition coefficient (Wildman–Crippen LogP) is 2.29. The molecule has 0 aliphatic heterocycles.